The van der Waals surface area contributed by atoms with Crippen LogP contribution in [0.1, 0.15) is 31.5 Å². The van der Waals surface area contributed by atoms with Gasteiger partial charge >= 0.3 is 6.18 Å². The number of aromatic nitrogens is 1. The maximum Gasteiger partial charge on any atom is 0.422 e. The second-order valence-corrected chi connectivity index (χ2v) is 5.20. The quantitative estimate of drug-likeness (QED) is 0.871. The summed E-state index contributed by atoms with van der Waals surface area (Å²) in [7, 11) is 0. The van der Waals surface area contributed by atoms with Gasteiger partial charge in [-0.2, -0.15) is 13.2 Å². The lowest BCUT2D eigenvalue weighted by Crippen LogP contribution is -2.41. The fourth-order valence-corrected chi connectivity index (χ4v) is 2.19. The first-order chi connectivity index (χ1) is 10.3. The number of hydrogen-bond donors (Lipinski definition) is 2. The van der Waals surface area contributed by atoms with E-state index in [-0.39, 0.29) is 23.7 Å². The number of alkyl halides is 3. The molecule has 0 spiro atoms. The molecule has 22 heavy (non-hydrogen) atoms. The largest absolute Gasteiger partial charge is 0.483 e. The van der Waals surface area contributed by atoms with E-state index >= 15 is 0 Å². The molecule has 1 aliphatic rings. The van der Waals surface area contributed by atoms with Crippen LogP contribution in [0.3, 0.4) is 0 Å². The third-order valence-electron chi connectivity index (χ3n) is 3.34. The monoisotopic (exact) mass is 317 g/mol. The summed E-state index contributed by atoms with van der Waals surface area (Å²) in [5.41, 5.74) is 0.561. The first kappa shape index (κ1) is 16.5. The smallest absolute Gasteiger partial charge is 0.422 e. The van der Waals surface area contributed by atoms with Crippen LogP contribution in [-0.2, 0) is 4.79 Å². The molecular formula is C14H18F3N3O2. The Hall–Kier alpha value is -1.83. The Morgan fingerprint density at radius 1 is 1.55 bits per heavy atom. The summed E-state index contributed by atoms with van der Waals surface area (Å²) in [6, 6.07) is 2.44. The highest BCUT2D eigenvalue weighted by molar-refractivity contribution is 5.82. The van der Waals surface area contributed by atoms with Crippen LogP contribution in [0, 0.1) is 0 Å². The molecule has 2 N–H and O–H groups in total. The van der Waals surface area contributed by atoms with Crippen molar-refractivity contribution in [2.45, 2.75) is 38.0 Å². The summed E-state index contributed by atoms with van der Waals surface area (Å²) in [5, 5.41) is 5.92. The molecule has 0 aliphatic carbocycles. The summed E-state index contributed by atoms with van der Waals surface area (Å²) in [5.74, 6) is -0.0544. The summed E-state index contributed by atoms with van der Waals surface area (Å²) < 4.78 is 40.7. The van der Waals surface area contributed by atoms with E-state index in [0.29, 0.717) is 5.69 Å². The second kappa shape index (κ2) is 6.95. The van der Waals surface area contributed by atoms with Gasteiger partial charge in [0.1, 0.15) is 5.75 Å². The SMILES string of the molecule is C[C@@H](NC(=O)[C@H]1CCCN1)c1ccc(OCC(F)(F)F)cn1. The molecule has 122 valence electrons. The average Bonchev–Trinajstić information content (AvgIpc) is 2.99. The summed E-state index contributed by atoms with van der Waals surface area (Å²) in [4.78, 5) is 16.0. The molecule has 1 amide bonds. The number of halogens is 3. The van der Waals surface area contributed by atoms with E-state index in [9.17, 15) is 18.0 Å². The van der Waals surface area contributed by atoms with Crippen LogP contribution in [0.25, 0.3) is 0 Å². The molecule has 5 nitrogen and oxygen atoms in total. The molecule has 2 heterocycles. The molecule has 0 unspecified atom stereocenters. The molecular weight excluding hydrogens is 299 g/mol. The molecule has 1 aliphatic heterocycles. The summed E-state index contributed by atoms with van der Waals surface area (Å²) in [6.07, 6.45) is -1.39. The third kappa shape index (κ3) is 4.87. The van der Waals surface area contributed by atoms with Gasteiger partial charge in [0.25, 0.3) is 0 Å². The van der Waals surface area contributed by atoms with E-state index in [1.165, 1.54) is 12.3 Å². The van der Waals surface area contributed by atoms with Crippen molar-refractivity contribution in [1.29, 1.82) is 0 Å². The number of pyridine rings is 1. The van der Waals surface area contributed by atoms with E-state index in [1.807, 2.05) is 0 Å². The number of ether oxygens (including phenoxy) is 1. The van der Waals surface area contributed by atoms with Crippen molar-refractivity contribution in [1.82, 2.24) is 15.6 Å². The molecule has 8 heteroatoms. The molecule has 1 saturated heterocycles. The Morgan fingerprint density at radius 2 is 2.32 bits per heavy atom. The number of nitrogens with one attached hydrogen (secondary N) is 2. The standard InChI is InChI=1S/C14H18F3N3O2/c1-9(20-13(21)12-3-2-6-18-12)11-5-4-10(7-19-11)22-8-14(15,16)17/h4-5,7,9,12,18H,2-3,6,8H2,1H3,(H,20,21)/t9-,12-/m1/s1. The van der Waals surface area contributed by atoms with Crippen LogP contribution in [0.2, 0.25) is 0 Å². The molecule has 1 aromatic rings. The normalized spacial score (nSPS) is 19.7. The van der Waals surface area contributed by atoms with Crippen LogP contribution < -0.4 is 15.4 Å². The lowest BCUT2D eigenvalue weighted by Gasteiger charge is -2.17. The molecule has 1 aromatic heterocycles. The first-order valence-corrected chi connectivity index (χ1v) is 7.04. The average molecular weight is 317 g/mol. The predicted molar refractivity (Wildman–Crippen MR) is 73.4 cm³/mol. The fraction of sp³-hybridized carbons (Fsp3) is 0.571. The molecule has 2 atom stereocenters. The Bertz CT molecular complexity index is 499. The van der Waals surface area contributed by atoms with Gasteiger partial charge in [-0.3, -0.25) is 9.78 Å². The first-order valence-electron chi connectivity index (χ1n) is 7.04. The minimum Gasteiger partial charge on any atom is -0.483 e. The molecule has 2 rings (SSSR count). The van der Waals surface area contributed by atoms with Gasteiger partial charge in [-0.15, -0.1) is 0 Å². The van der Waals surface area contributed by atoms with Crippen LogP contribution in [0.4, 0.5) is 13.2 Å². The van der Waals surface area contributed by atoms with E-state index in [2.05, 4.69) is 20.4 Å². The maximum atomic E-state index is 12.0. The third-order valence-corrected chi connectivity index (χ3v) is 3.34. The van der Waals surface area contributed by atoms with Crippen molar-refractivity contribution in [3.63, 3.8) is 0 Å². The van der Waals surface area contributed by atoms with E-state index in [4.69, 9.17) is 0 Å². The Balaban J connectivity index is 1.87. The zero-order valence-electron chi connectivity index (χ0n) is 12.1. The lowest BCUT2D eigenvalue weighted by atomic mass is 10.1. The van der Waals surface area contributed by atoms with Gasteiger partial charge in [0.15, 0.2) is 6.61 Å². The Labute approximate surface area is 126 Å². The molecule has 0 aromatic carbocycles. The fourth-order valence-electron chi connectivity index (χ4n) is 2.19. The predicted octanol–water partition coefficient (Wildman–Crippen LogP) is 1.95. The number of carbonyl (C=O) groups is 1. The van der Waals surface area contributed by atoms with Crippen molar-refractivity contribution in [2.24, 2.45) is 0 Å². The lowest BCUT2D eigenvalue weighted by molar-refractivity contribution is -0.153. The van der Waals surface area contributed by atoms with Gasteiger partial charge in [-0.25, -0.2) is 0 Å². The van der Waals surface area contributed by atoms with Gasteiger partial charge < -0.3 is 15.4 Å². The van der Waals surface area contributed by atoms with Gasteiger partial charge in [0, 0.05) is 0 Å². The number of nitrogens with zero attached hydrogens (tertiary/aromatic N) is 1. The topological polar surface area (TPSA) is 63.2 Å². The summed E-state index contributed by atoms with van der Waals surface area (Å²) in [6.45, 7) is 1.25. The van der Waals surface area contributed by atoms with Gasteiger partial charge in [-0.1, -0.05) is 0 Å². The van der Waals surface area contributed by atoms with Gasteiger partial charge in [-0.05, 0) is 38.4 Å². The minimum absolute atomic E-state index is 0.0389. The number of amides is 1. The van der Waals surface area contributed by atoms with Crippen LogP contribution in [-0.4, -0.2) is 36.3 Å². The summed E-state index contributed by atoms with van der Waals surface area (Å²) >= 11 is 0. The highest BCUT2D eigenvalue weighted by Gasteiger charge is 2.28. The van der Waals surface area contributed by atoms with E-state index in [0.717, 1.165) is 19.4 Å². The molecule has 0 bridgehead atoms. The number of hydrogen-bond acceptors (Lipinski definition) is 4. The maximum absolute atomic E-state index is 12.0. The highest BCUT2D eigenvalue weighted by Crippen LogP contribution is 2.19. The van der Waals surface area contributed by atoms with Crippen molar-refractivity contribution in [3.8, 4) is 5.75 Å². The van der Waals surface area contributed by atoms with E-state index < -0.39 is 12.8 Å². The zero-order chi connectivity index (χ0) is 16.2. The number of rotatable bonds is 5. The van der Waals surface area contributed by atoms with Gasteiger partial charge in [0.05, 0.1) is 24.0 Å². The van der Waals surface area contributed by atoms with Crippen LogP contribution in [0.15, 0.2) is 18.3 Å². The number of carbonyl (C=O) groups excluding carboxylic acids is 1. The molecule has 1 fully saturated rings. The minimum atomic E-state index is -4.38. The molecule has 0 radical (unpaired) electrons. The van der Waals surface area contributed by atoms with Crippen LogP contribution in [0.5, 0.6) is 5.75 Å². The second-order valence-electron chi connectivity index (χ2n) is 5.20. The Morgan fingerprint density at radius 3 is 2.86 bits per heavy atom. The highest BCUT2D eigenvalue weighted by atomic mass is 19.4. The van der Waals surface area contributed by atoms with E-state index in [1.54, 1.807) is 13.0 Å². The van der Waals surface area contributed by atoms with Crippen molar-refractivity contribution >= 4 is 5.91 Å². The van der Waals surface area contributed by atoms with Crippen molar-refractivity contribution in [2.75, 3.05) is 13.2 Å². The van der Waals surface area contributed by atoms with Crippen LogP contribution >= 0.6 is 0 Å². The van der Waals surface area contributed by atoms with Crippen molar-refractivity contribution < 1.29 is 22.7 Å². The Kier molecular flexibility index (Phi) is 5.23. The molecule has 0 saturated carbocycles. The van der Waals surface area contributed by atoms with Crippen molar-refractivity contribution in [3.05, 3.63) is 24.0 Å². The zero-order valence-corrected chi connectivity index (χ0v) is 12.1. The van der Waals surface area contributed by atoms with Gasteiger partial charge in [0.2, 0.25) is 5.91 Å².